The van der Waals surface area contributed by atoms with E-state index in [1.165, 1.54) is 25.3 Å². The first-order chi connectivity index (χ1) is 14.8. The Bertz CT molecular complexity index is 1270. The maximum Gasteiger partial charge on any atom is 0.216 e. The minimum Gasteiger partial charge on any atom is -0.493 e. The molecule has 0 saturated heterocycles. The maximum absolute atomic E-state index is 12.7. The minimum atomic E-state index is -3.93. The summed E-state index contributed by atoms with van der Waals surface area (Å²) >= 11 is 11.9. The van der Waals surface area contributed by atoms with E-state index >= 15 is 0 Å². The minimum absolute atomic E-state index is 0.0522. The molecule has 0 aromatic heterocycles. The summed E-state index contributed by atoms with van der Waals surface area (Å²) in [5.74, 6) is 0.846. The summed E-state index contributed by atoms with van der Waals surface area (Å²) in [4.78, 5) is -0.318. The number of hydrogen-bond donors (Lipinski definition) is 0. The molecule has 0 aliphatic carbocycles. The van der Waals surface area contributed by atoms with Crippen molar-refractivity contribution >= 4 is 39.1 Å². The fourth-order valence-electron chi connectivity index (χ4n) is 2.73. The number of nitriles is 1. The van der Waals surface area contributed by atoms with Crippen molar-refractivity contribution in [2.24, 2.45) is 0 Å². The van der Waals surface area contributed by atoms with Crippen LogP contribution in [-0.2, 0) is 16.4 Å². The maximum atomic E-state index is 12.7. The smallest absolute Gasteiger partial charge is 0.216 e. The zero-order chi connectivity index (χ0) is 22.4. The van der Waals surface area contributed by atoms with Gasteiger partial charge in [0.25, 0.3) is 0 Å². The van der Waals surface area contributed by atoms with E-state index in [1.807, 2.05) is 0 Å². The van der Waals surface area contributed by atoms with E-state index in [4.69, 9.17) is 32.7 Å². The third kappa shape index (κ3) is 5.39. The van der Waals surface area contributed by atoms with E-state index in [9.17, 15) is 13.7 Å². The standard InChI is InChI=1S/C23H17Cl2NO4S/c1-29-23-13-16(11-19(14-26)31(27,28)18-5-3-2-4-6-18)8-10-22(23)30-15-17-7-9-20(24)21(25)12-17/h2-13H,15H2,1H3. The van der Waals surface area contributed by atoms with Crippen LogP contribution in [0.5, 0.6) is 11.5 Å². The number of sulfone groups is 1. The number of methoxy groups -OCH3 is 1. The van der Waals surface area contributed by atoms with Crippen LogP contribution in [-0.4, -0.2) is 15.5 Å². The van der Waals surface area contributed by atoms with Crippen molar-refractivity contribution < 1.29 is 17.9 Å². The summed E-state index contributed by atoms with van der Waals surface area (Å²) in [6, 6.07) is 19.7. The second-order valence-electron chi connectivity index (χ2n) is 6.38. The highest BCUT2D eigenvalue weighted by Gasteiger charge is 2.20. The quantitative estimate of drug-likeness (QED) is 0.398. The van der Waals surface area contributed by atoms with Crippen molar-refractivity contribution in [3.8, 4) is 17.6 Å². The van der Waals surface area contributed by atoms with Crippen molar-refractivity contribution in [1.29, 1.82) is 5.26 Å². The van der Waals surface area contributed by atoms with E-state index < -0.39 is 9.84 Å². The zero-order valence-electron chi connectivity index (χ0n) is 16.4. The van der Waals surface area contributed by atoms with Gasteiger partial charge in [-0.3, -0.25) is 0 Å². The number of nitrogens with zero attached hydrogens (tertiary/aromatic N) is 1. The topological polar surface area (TPSA) is 76.4 Å². The largest absolute Gasteiger partial charge is 0.493 e. The van der Waals surface area contributed by atoms with Gasteiger partial charge in [-0.2, -0.15) is 5.26 Å². The van der Waals surface area contributed by atoms with Gasteiger partial charge in [-0.15, -0.1) is 0 Å². The Labute approximate surface area is 191 Å². The van der Waals surface area contributed by atoms with Gasteiger partial charge in [-0.1, -0.05) is 53.5 Å². The predicted octanol–water partition coefficient (Wildman–Crippen LogP) is 5.92. The van der Waals surface area contributed by atoms with Crippen LogP contribution in [0.3, 0.4) is 0 Å². The van der Waals surface area contributed by atoms with Crippen LogP contribution >= 0.6 is 23.2 Å². The molecule has 3 rings (SSSR count). The highest BCUT2D eigenvalue weighted by molar-refractivity contribution is 7.95. The molecule has 0 bridgehead atoms. The lowest BCUT2D eigenvalue weighted by Crippen LogP contribution is -2.03. The molecular formula is C23H17Cl2NO4S. The SMILES string of the molecule is COc1cc(C=C(C#N)S(=O)(=O)c2ccccc2)ccc1OCc1ccc(Cl)c(Cl)c1. The summed E-state index contributed by atoms with van der Waals surface area (Å²) in [6.07, 6.45) is 1.30. The second kappa shape index (κ2) is 9.88. The van der Waals surface area contributed by atoms with Crippen molar-refractivity contribution in [2.75, 3.05) is 7.11 Å². The van der Waals surface area contributed by atoms with Gasteiger partial charge in [-0.05, 0) is 53.6 Å². The molecule has 8 heteroatoms. The molecule has 5 nitrogen and oxygen atoms in total. The Morgan fingerprint density at radius 1 is 1.00 bits per heavy atom. The van der Waals surface area contributed by atoms with Crippen molar-refractivity contribution in [2.45, 2.75) is 11.5 Å². The van der Waals surface area contributed by atoms with Gasteiger partial charge >= 0.3 is 0 Å². The van der Waals surface area contributed by atoms with Crippen molar-refractivity contribution in [3.05, 3.63) is 92.8 Å². The van der Waals surface area contributed by atoms with Crippen LogP contribution in [0.25, 0.3) is 6.08 Å². The van der Waals surface area contributed by atoms with E-state index in [0.717, 1.165) is 5.56 Å². The number of ether oxygens (including phenoxy) is 2. The highest BCUT2D eigenvalue weighted by atomic mass is 35.5. The number of halogens is 2. The van der Waals surface area contributed by atoms with Gasteiger partial charge in [0.1, 0.15) is 17.6 Å². The number of hydrogen-bond acceptors (Lipinski definition) is 5. The summed E-state index contributed by atoms with van der Waals surface area (Å²) in [5, 5.41) is 10.3. The Balaban J connectivity index is 1.86. The fraction of sp³-hybridized carbons (Fsp3) is 0.0870. The van der Waals surface area contributed by atoms with Crippen LogP contribution in [0.2, 0.25) is 10.0 Å². The summed E-state index contributed by atoms with van der Waals surface area (Å²) in [7, 11) is -2.46. The van der Waals surface area contributed by atoms with Crippen LogP contribution < -0.4 is 9.47 Å². The van der Waals surface area contributed by atoms with E-state index in [-0.39, 0.29) is 16.4 Å². The molecule has 0 spiro atoms. The number of benzene rings is 3. The molecule has 0 fully saturated rings. The van der Waals surface area contributed by atoms with Crippen LogP contribution in [0.4, 0.5) is 0 Å². The third-order valence-corrected chi connectivity index (χ3v) is 6.74. The van der Waals surface area contributed by atoms with Gasteiger partial charge in [0.2, 0.25) is 9.84 Å². The predicted molar refractivity (Wildman–Crippen MR) is 121 cm³/mol. The lowest BCUT2D eigenvalue weighted by atomic mass is 10.2. The van der Waals surface area contributed by atoms with Crippen LogP contribution in [0.15, 0.2) is 76.5 Å². The lowest BCUT2D eigenvalue weighted by molar-refractivity contribution is 0.284. The Morgan fingerprint density at radius 2 is 1.74 bits per heavy atom. The molecule has 0 saturated carbocycles. The lowest BCUT2D eigenvalue weighted by Gasteiger charge is -2.12. The molecule has 0 N–H and O–H groups in total. The van der Waals surface area contributed by atoms with Gasteiger partial charge < -0.3 is 9.47 Å². The first-order valence-corrected chi connectivity index (χ1v) is 11.3. The van der Waals surface area contributed by atoms with Gasteiger partial charge in [0.15, 0.2) is 11.5 Å². The van der Waals surface area contributed by atoms with Gasteiger partial charge in [-0.25, -0.2) is 8.42 Å². The van der Waals surface area contributed by atoms with Crippen molar-refractivity contribution in [3.63, 3.8) is 0 Å². The van der Waals surface area contributed by atoms with E-state index in [2.05, 4.69) is 0 Å². The fourth-order valence-corrected chi connectivity index (χ4v) is 4.23. The zero-order valence-corrected chi connectivity index (χ0v) is 18.7. The molecule has 0 atom stereocenters. The van der Waals surface area contributed by atoms with Gasteiger partial charge in [0.05, 0.1) is 22.1 Å². The monoisotopic (exact) mass is 473 g/mol. The van der Waals surface area contributed by atoms with Crippen molar-refractivity contribution in [1.82, 2.24) is 0 Å². The molecular weight excluding hydrogens is 457 g/mol. The molecule has 0 amide bonds. The first-order valence-electron chi connectivity index (χ1n) is 9.02. The Hall–Kier alpha value is -2.98. The Morgan fingerprint density at radius 3 is 2.39 bits per heavy atom. The summed E-state index contributed by atoms with van der Waals surface area (Å²) in [6.45, 7) is 0.230. The van der Waals surface area contributed by atoms with E-state index in [0.29, 0.717) is 27.1 Å². The molecule has 158 valence electrons. The molecule has 3 aromatic rings. The summed E-state index contributed by atoms with van der Waals surface area (Å²) in [5.41, 5.74) is 1.30. The third-order valence-electron chi connectivity index (χ3n) is 4.32. The highest BCUT2D eigenvalue weighted by Crippen LogP contribution is 2.31. The van der Waals surface area contributed by atoms with E-state index in [1.54, 1.807) is 60.7 Å². The van der Waals surface area contributed by atoms with Gasteiger partial charge in [0, 0.05) is 0 Å². The molecule has 31 heavy (non-hydrogen) atoms. The molecule has 3 aromatic carbocycles. The second-order valence-corrected chi connectivity index (χ2v) is 9.12. The van der Waals surface area contributed by atoms with Crippen LogP contribution in [0, 0.1) is 11.3 Å². The molecule has 0 aliphatic rings. The van der Waals surface area contributed by atoms with Crippen LogP contribution in [0.1, 0.15) is 11.1 Å². The first kappa shape index (κ1) is 22.7. The Kier molecular flexibility index (Phi) is 7.24. The molecule has 0 radical (unpaired) electrons. The number of rotatable bonds is 7. The molecule has 0 heterocycles. The number of allylic oxidation sites excluding steroid dienone is 1. The summed E-state index contributed by atoms with van der Waals surface area (Å²) < 4.78 is 36.6. The normalized spacial score (nSPS) is 11.6. The average molecular weight is 474 g/mol. The average Bonchev–Trinajstić information content (AvgIpc) is 2.79. The molecule has 0 unspecified atom stereocenters. The molecule has 0 aliphatic heterocycles.